The van der Waals surface area contributed by atoms with E-state index < -0.39 is 6.09 Å². The lowest BCUT2D eigenvalue weighted by Gasteiger charge is -2.03. The van der Waals surface area contributed by atoms with Gasteiger partial charge in [-0.25, -0.2) is 4.79 Å². The van der Waals surface area contributed by atoms with Gasteiger partial charge in [-0.15, -0.1) is 31.7 Å². The number of phenols is 1. The highest BCUT2D eigenvalue weighted by atomic mass is 32.1. The molecule has 0 fully saturated rings. The van der Waals surface area contributed by atoms with Crippen LogP contribution in [0.3, 0.4) is 0 Å². The number of phenolic OH excluding ortho intramolecular Hbond substituents is 1. The monoisotopic (exact) mass is 523 g/mol. The number of ketones is 1. The molecule has 2 aromatic carbocycles. The highest BCUT2D eigenvalue weighted by Gasteiger charge is 2.12. The second-order valence-corrected chi connectivity index (χ2v) is 10.4. The average Bonchev–Trinajstić information content (AvgIpc) is 3.49. The Balaban J connectivity index is 1.15. The number of Topliss-reactive ketones (excluding diaryl/α,β-unsaturated/α-hetero) is 1. The summed E-state index contributed by atoms with van der Waals surface area (Å²) in [4.78, 5) is 24.3. The molecule has 0 aliphatic heterocycles. The van der Waals surface area contributed by atoms with E-state index in [1.165, 1.54) is 52.5 Å². The molecule has 0 unspecified atom stereocenters. The molecule has 0 bridgehead atoms. The number of aromatic hydroxyl groups is 1. The third-order valence-electron chi connectivity index (χ3n) is 5.13. The van der Waals surface area contributed by atoms with Crippen LogP contribution in [-0.4, -0.2) is 37.4 Å². The fraction of sp³-hybridized carbons (Fsp3) is 0.280. The number of unbranched alkanes of at least 4 members (excludes halogenated alkanes) is 1. The number of ether oxygens (including phenoxy) is 1. The van der Waals surface area contributed by atoms with Crippen LogP contribution in [0.5, 0.6) is 11.5 Å². The summed E-state index contributed by atoms with van der Waals surface area (Å²) < 4.78 is 5.13. The molecule has 0 saturated carbocycles. The van der Waals surface area contributed by atoms with Gasteiger partial charge in [0, 0.05) is 19.3 Å². The molecular formula is C25H25N5O4S2. The Kier molecular flexibility index (Phi) is 8.69. The lowest BCUT2D eigenvalue weighted by atomic mass is 10.1. The normalized spacial score (nSPS) is 10.8. The Hall–Kier alpha value is -3.70. The first kappa shape index (κ1) is 25.4. The molecule has 0 spiro atoms. The van der Waals surface area contributed by atoms with E-state index >= 15 is 0 Å². The van der Waals surface area contributed by atoms with Crippen molar-refractivity contribution < 1.29 is 19.4 Å². The van der Waals surface area contributed by atoms with Crippen LogP contribution >= 0.6 is 22.7 Å². The quantitative estimate of drug-likeness (QED) is 0.265. The highest BCUT2D eigenvalue weighted by molar-refractivity contribution is 7.15. The van der Waals surface area contributed by atoms with Gasteiger partial charge in [0.15, 0.2) is 0 Å². The van der Waals surface area contributed by atoms with Crippen molar-refractivity contribution in [2.45, 2.75) is 45.4 Å². The maximum absolute atomic E-state index is 12.3. The van der Waals surface area contributed by atoms with Crippen molar-refractivity contribution in [2.24, 2.45) is 0 Å². The second kappa shape index (κ2) is 12.3. The van der Waals surface area contributed by atoms with Gasteiger partial charge >= 0.3 is 6.09 Å². The van der Waals surface area contributed by atoms with Crippen molar-refractivity contribution in [3.8, 4) is 11.5 Å². The van der Waals surface area contributed by atoms with Crippen LogP contribution in [0.4, 0.5) is 9.93 Å². The number of carbonyl (C=O) groups excluding carboxylic acids is 2. The molecule has 4 rings (SSSR count). The summed E-state index contributed by atoms with van der Waals surface area (Å²) in [7, 11) is 0. The number of hydrogen-bond donors (Lipinski definition) is 2. The number of hydrogen-bond acceptors (Lipinski definition) is 10. The number of nitrogens with zero attached hydrogens (tertiary/aromatic N) is 4. The van der Waals surface area contributed by atoms with E-state index in [0.717, 1.165) is 46.3 Å². The summed E-state index contributed by atoms with van der Waals surface area (Å²) in [6.45, 7) is 2.02. The number of aryl methyl sites for hydroxylation is 3. The van der Waals surface area contributed by atoms with E-state index in [-0.39, 0.29) is 11.5 Å². The van der Waals surface area contributed by atoms with Crippen molar-refractivity contribution >= 4 is 39.7 Å². The van der Waals surface area contributed by atoms with Crippen molar-refractivity contribution in [3.63, 3.8) is 0 Å². The van der Waals surface area contributed by atoms with Crippen LogP contribution in [0.15, 0.2) is 48.5 Å². The summed E-state index contributed by atoms with van der Waals surface area (Å²) >= 11 is 2.78. The molecule has 0 atom stereocenters. The molecule has 2 aromatic heterocycles. The van der Waals surface area contributed by atoms with E-state index in [1.807, 2.05) is 31.2 Å². The number of aromatic nitrogens is 4. The minimum atomic E-state index is -0.673. The Morgan fingerprint density at radius 3 is 2.19 bits per heavy atom. The van der Waals surface area contributed by atoms with Crippen LogP contribution in [0, 0.1) is 6.92 Å². The summed E-state index contributed by atoms with van der Waals surface area (Å²) in [5, 5.41) is 31.2. The minimum absolute atomic E-state index is 0.0899. The molecule has 11 heteroatoms. The predicted octanol–water partition coefficient (Wildman–Crippen LogP) is 4.93. The van der Waals surface area contributed by atoms with Crippen LogP contribution in [-0.2, 0) is 30.5 Å². The Labute approximate surface area is 216 Å². The van der Waals surface area contributed by atoms with Crippen LogP contribution in [0.25, 0.3) is 0 Å². The van der Waals surface area contributed by atoms with Gasteiger partial charge in [-0.05, 0) is 49.6 Å². The largest absolute Gasteiger partial charge is 0.508 e. The highest BCUT2D eigenvalue weighted by Crippen LogP contribution is 2.21. The molecule has 2 N–H and O–H groups in total. The van der Waals surface area contributed by atoms with Gasteiger partial charge in [0.25, 0.3) is 0 Å². The Morgan fingerprint density at radius 1 is 0.833 bits per heavy atom. The zero-order chi connectivity index (χ0) is 25.3. The predicted molar refractivity (Wildman–Crippen MR) is 138 cm³/mol. The molecule has 1 amide bonds. The van der Waals surface area contributed by atoms with Crippen LogP contribution in [0.1, 0.15) is 39.0 Å². The first-order valence-electron chi connectivity index (χ1n) is 11.4. The van der Waals surface area contributed by atoms with Gasteiger partial charge in [-0.2, -0.15) is 0 Å². The zero-order valence-corrected chi connectivity index (χ0v) is 21.3. The zero-order valence-electron chi connectivity index (χ0n) is 19.6. The van der Waals surface area contributed by atoms with Gasteiger partial charge in [0.05, 0.1) is 6.42 Å². The topological polar surface area (TPSA) is 127 Å². The molecule has 186 valence electrons. The molecule has 9 nitrogen and oxygen atoms in total. The van der Waals surface area contributed by atoms with Gasteiger partial charge < -0.3 is 9.84 Å². The number of rotatable bonds is 11. The molecule has 2 heterocycles. The molecule has 4 aromatic rings. The van der Waals surface area contributed by atoms with Gasteiger partial charge in [0.2, 0.25) is 5.13 Å². The summed E-state index contributed by atoms with van der Waals surface area (Å²) in [5.74, 6) is 0.534. The van der Waals surface area contributed by atoms with E-state index in [2.05, 4.69) is 25.7 Å². The molecule has 0 aliphatic carbocycles. The SMILES string of the molecule is Cc1ccc(CC(=O)Cc2nnc(CCCCc3nnc(NC(=O)Oc4ccc(O)cc4)s3)s2)cc1. The fourth-order valence-corrected chi connectivity index (χ4v) is 5.00. The Morgan fingerprint density at radius 2 is 1.47 bits per heavy atom. The number of benzene rings is 2. The maximum atomic E-state index is 12.3. The summed E-state index contributed by atoms with van der Waals surface area (Å²) in [6, 6.07) is 13.8. The number of nitrogens with one attached hydrogen (secondary N) is 1. The standard InChI is InChI=1S/C25H25N5O4S2/c1-16-6-8-17(9-7-16)14-19(32)15-23-29-27-21(35-23)4-2-3-5-22-28-30-24(36-22)26-25(33)34-20-12-10-18(31)11-13-20/h6-13,31H,2-5,14-15H2,1H3,(H,26,30,33). The second-order valence-electron chi connectivity index (χ2n) is 8.18. The summed E-state index contributed by atoms with van der Waals surface area (Å²) in [6.07, 6.45) is 3.34. The van der Waals surface area contributed by atoms with E-state index in [0.29, 0.717) is 23.7 Å². The van der Waals surface area contributed by atoms with E-state index in [9.17, 15) is 14.7 Å². The number of carbonyl (C=O) groups is 2. The molecule has 0 aliphatic rings. The van der Waals surface area contributed by atoms with Gasteiger partial charge in [-0.3, -0.25) is 10.1 Å². The van der Waals surface area contributed by atoms with E-state index in [1.54, 1.807) is 0 Å². The molecular weight excluding hydrogens is 498 g/mol. The number of anilines is 1. The minimum Gasteiger partial charge on any atom is -0.508 e. The van der Waals surface area contributed by atoms with Gasteiger partial charge in [0.1, 0.15) is 32.3 Å². The summed E-state index contributed by atoms with van der Waals surface area (Å²) in [5.41, 5.74) is 2.19. The number of amides is 1. The van der Waals surface area contributed by atoms with Gasteiger partial charge in [-0.1, -0.05) is 41.2 Å². The molecule has 0 radical (unpaired) electrons. The van der Waals surface area contributed by atoms with E-state index in [4.69, 9.17) is 4.74 Å². The molecule has 0 saturated heterocycles. The fourth-order valence-electron chi connectivity index (χ4n) is 3.32. The third kappa shape index (κ3) is 7.92. The van der Waals surface area contributed by atoms with Crippen molar-refractivity contribution in [3.05, 3.63) is 74.7 Å². The first-order valence-corrected chi connectivity index (χ1v) is 13.0. The first-order chi connectivity index (χ1) is 17.4. The third-order valence-corrected chi connectivity index (χ3v) is 7.01. The van der Waals surface area contributed by atoms with Crippen molar-refractivity contribution in [1.82, 2.24) is 20.4 Å². The average molecular weight is 524 g/mol. The smallest absolute Gasteiger partial charge is 0.418 e. The van der Waals surface area contributed by atoms with Crippen molar-refractivity contribution in [2.75, 3.05) is 5.32 Å². The Bertz CT molecular complexity index is 1200. The van der Waals surface area contributed by atoms with Crippen LogP contribution < -0.4 is 10.1 Å². The van der Waals surface area contributed by atoms with Crippen LogP contribution in [0.2, 0.25) is 0 Å². The molecule has 36 heavy (non-hydrogen) atoms. The van der Waals surface area contributed by atoms with Crippen molar-refractivity contribution in [1.29, 1.82) is 0 Å². The maximum Gasteiger partial charge on any atom is 0.418 e. The lowest BCUT2D eigenvalue weighted by Crippen LogP contribution is -2.16. The lowest BCUT2D eigenvalue weighted by molar-refractivity contribution is -0.117.